The molecule has 0 amide bonds. The molecule has 1 rings (SSSR count). The van der Waals surface area contributed by atoms with Crippen LogP contribution in [-0.4, -0.2) is 25.2 Å². The molecule has 1 aromatic carbocycles. The lowest BCUT2D eigenvalue weighted by molar-refractivity contribution is 0.0696. The lowest BCUT2D eigenvalue weighted by Crippen LogP contribution is -2.09. The Hall–Kier alpha value is -1.36. The van der Waals surface area contributed by atoms with Gasteiger partial charge in [0.05, 0.1) is 16.2 Å². The van der Waals surface area contributed by atoms with Crippen LogP contribution >= 0.6 is 0 Å². The van der Waals surface area contributed by atoms with Gasteiger partial charge in [0.2, 0.25) is 0 Å². The Kier molecular flexibility index (Phi) is 3.38. The van der Waals surface area contributed by atoms with Gasteiger partial charge >= 0.3 is 5.97 Å². The molecule has 4 nitrogen and oxygen atoms in total. The van der Waals surface area contributed by atoms with Gasteiger partial charge in [-0.3, -0.25) is 0 Å². The second-order valence-electron chi connectivity index (χ2n) is 3.64. The average molecular weight is 242 g/mol. The SMILES string of the molecule is CCS(=O)(=O)c1cc(C(=O)O)c(C)cc1C. The van der Waals surface area contributed by atoms with Gasteiger partial charge in [0.1, 0.15) is 0 Å². The molecular weight excluding hydrogens is 228 g/mol. The van der Waals surface area contributed by atoms with E-state index in [0.29, 0.717) is 11.1 Å². The van der Waals surface area contributed by atoms with Gasteiger partial charge in [-0.25, -0.2) is 13.2 Å². The Morgan fingerprint density at radius 2 is 1.81 bits per heavy atom. The van der Waals surface area contributed by atoms with Crippen molar-refractivity contribution in [2.75, 3.05) is 5.75 Å². The molecule has 0 spiro atoms. The third kappa shape index (κ3) is 2.24. The zero-order valence-electron chi connectivity index (χ0n) is 9.44. The summed E-state index contributed by atoms with van der Waals surface area (Å²) in [6, 6.07) is 2.83. The van der Waals surface area contributed by atoms with Crippen LogP contribution in [0.25, 0.3) is 0 Å². The average Bonchev–Trinajstić information content (AvgIpc) is 2.16. The van der Waals surface area contributed by atoms with Crippen LogP contribution in [0.1, 0.15) is 28.4 Å². The molecule has 88 valence electrons. The second kappa shape index (κ2) is 4.25. The number of rotatable bonds is 3. The zero-order chi connectivity index (χ0) is 12.5. The highest BCUT2D eigenvalue weighted by atomic mass is 32.2. The second-order valence-corrected chi connectivity index (χ2v) is 5.89. The number of benzene rings is 1. The minimum atomic E-state index is -3.36. The zero-order valence-corrected chi connectivity index (χ0v) is 10.3. The summed E-state index contributed by atoms with van der Waals surface area (Å²) in [5.41, 5.74) is 1.20. The summed E-state index contributed by atoms with van der Waals surface area (Å²) >= 11 is 0. The summed E-state index contributed by atoms with van der Waals surface area (Å²) in [7, 11) is -3.36. The van der Waals surface area contributed by atoms with Crippen molar-refractivity contribution >= 4 is 15.8 Å². The van der Waals surface area contributed by atoms with Gasteiger partial charge in [-0.15, -0.1) is 0 Å². The van der Waals surface area contributed by atoms with Gasteiger partial charge in [0, 0.05) is 0 Å². The van der Waals surface area contributed by atoms with E-state index >= 15 is 0 Å². The summed E-state index contributed by atoms with van der Waals surface area (Å²) in [6.45, 7) is 4.86. The standard InChI is InChI=1S/C11H14O4S/c1-4-16(14,15)10-6-9(11(12)13)7(2)5-8(10)3/h5-6H,4H2,1-3H3,(H,12,13). The van der Waals surface area contributed by atoms with E-state index in [1.807, 2.05) is 0 Å². The molecule has 0 aliphatic carbocycles. The van der Waals surface area contributed by atoms with Gasteiger partial charge in [-0.2, -0.15) is 0 Å². The largest absolute Gasteiger partial charge is 0.478 e. The molecule has 0 saturated carbocycles. The van der Waals surface area contributed by atoms with Crippen molar-refractivity contribution in [2.45, 2.75) is 25.7 Å². The Labute approximate surface area is 94.8 Å². The molecule has 0 aliphatic heterocycles. The maximum absolute atomic E-state index is 11.7. The van der Waals surface area contributed by atoms with Gasteiger partial charge in [0.25, 0.3) is 0 Å². The Bertz CT molecular complexity index is 529. The van der Waals surface area contributed by atoms with E-state index < -0.39 is 15.8 Å². The highest BCUT2D eigenvalue weighted by molar-refractivity contribution is 7.91. The predicted molar refractivity (Wildman–Crippen MR) is 60.6 cm³/mol. The molecule has 0 aromatic heterocycles. The molecule has 0 fully saturated rings. The number of aryl methyl sites for hydroxylation is 2. The molecule has 0 radical (unpaired) electrons. The molecule has 0 unspecified atom stereocenters. The number of aromatic carboxylic acids is 1. The van der Waals surface area contributed by atoms with Gasteiger partial charge < -0.3 is 5.11 Å². The first-order valence-corrected chi connectivity index (χ1v) is 6.52. The first kappa shape index (κ1) is 12.7. The maximum Gasteiger partial charge on any atom is 0.335 e. The van der Waals surface area contributed by atoms with Gasteiger partial charge in [-0.05, 0) is 31.0 Å². The van der Waals surface area contributed by atoms with Gasteiger partial charge in [-0.1, -0.05) is 13.0 Å². The molecule has 0 bridgehead atoms. The molecular formula is C11H14O4S. The van der Waals surface area contributed by atoms with E-state index in [1.165, 1.54) is 13.0 Å². The van der Waals surface area contributed by atoms with E-state index in [4.69, 9.17) is 5.11 Å². The van der Waals surface area contributed by atoms with Crippen LogP contribution in [0.15, 0.2) is 17.0 Å². The number of sulfone groups is 1. The van der Waals surface area contributed by atoms with Crippen LogP contribution in [0.2, 0.25) is 0 Å². The predicted octanol–water partition coefficient (Wildman–Crippen LogP) is 1.80. The fourth-order valence-electron chi connectivity index (χ4n) is 1.55. The summed E-state index contributed by atoms with van der Waals surface area (Å²) in [6.07, 6.45) is 0. The van der Waals surface area contributed by atoms with E-state index in [-0.39, 0.29) is 16.2 Å². The molecule has 0 heterocycles. The Balaban J connectivity index is 3.55. The van der Waals surface area contributed by atoms with Crippen LogP contribution in [0.3, 0.4) is 0 Å². The fraction of sp³-hybridized carbons (Fsp3) is 0.364. The van der Waals surface area contributed by atoms with E-state index in [0.717, 1.165) is 0 Å². The number of hydrogen-bond acceptors (Lipinski definition) is 3. The minimum Gasteiger partial charge on any atom is -0.478 e. The summed E-state index contributed by atoms with van der Waals surface area (Å²) < 4.78 is 23.4. The van der Waals surface area contributed by atoms with Crippen molar-refractivity contribution in [3.63, 3.8) is 0 Å². The van der Waals surface area contributed by atoms with Crippen molar-refractivity contribution in [2.24, 2.45) is 0 Å². The quantitative estimate of drug-likeness (QED) is 0.877. The fourth-order valence-corrected chi connectivity index (χ4v) is 2.71. The maximum atomic E-state index is 11.7. The molecule has 5 heteroatoms. The third-order valence-electron chi connectivity index (χ3n) is 2.47. The molecule has 1 N–H and O–H groups in total. The van der Waals surface area contributed by atoms with Crippen molar-refractivity contribution in [3.05, 3.63) is 28.8 Å². The molecule has 0 atom stereocenters. The highest BCUT2D eigenvalue weighted by Crippen LogP contribution is 2.21. The topological polar surface area (TPSA) is 71.4 Å². The smallest absolute Gasteiger partial charge is 0.335 e. The number of carboxylic acid groups (broad SMARTS) is 1. The lowest BCUT2D eigenvalue weighted by atomic mass is 10.1. The van der Waals surface area contributed by atoms with E-state index in [1.54, 1.807) is 19.9 Å². The molecule has 1 aromatic rings. The molecule has 0 saturated heterocycles. The van der Waals surface area contributed by atoms with Crippen molar-refractivity contribution < 1.29 is 18.3 Å². The van der Waals surface area contributed by atoms with Crippen LogP contribution < -0.4 is 0 Å². The summed E-state index contributed by atoms with van der Waals surface area (Å²) in [4.78, 5) is 11.0. The normalized spacial score (nSPS) is 11.4. The molecule has 16 heavy (non-hydrogen) atoms. The summed E-state index contributed by atoms with van der Waals surface area (Å²) in [5.74, 6) is -1.14. The first-order valence-electron chi connectivity index (χ1n) is 4.87. The van der Waals surface area contributed by atoms with Crippen molar-refractivity contribution in [3.8, 4) is 0 Å². The molecule has 0 aliphatic rings. The minimum absolute atomic E-state index is 0.0318. The monoisotopic (exact) mass is 242 g/mol. The van der Waals surface area contributed by atoms with E-state index in [2.05, 4.69) is 0 Å². The van der Waals surface area contributed by atoms with Crippen LogP contribution in [0, 0.1) is 13.8 Å². The number of carbonyl (C=O) groups is 1. The first-order chi connectivity index (χ1) is 7.29. The highest BCUT2D eigenvalue weighted by Gasteiger charge is 2.18. The number of hydrogen-bond donors (Lipinski definition) is 1. The lowest BCUT2D eigenvalue weighted by Gasteiger charge is -2.09. The van der Waals surface area contributed by atoms with Crippen LogP contribution in [-0.2, 0) is 9.84 Å². The summed E-state index contributed by atoms with van der Waals surface area (Å²) in [5, 5.41) is 8.92. The van der Waals surface area contributed by atoms with Crippen LogP contribution in [0.5, 0.6) is 0 Å². The van der Waals surface area contributed by atoms with Crippen LogP contribution in [0.4, 0.5) is 0 Å². The Morgan fingerprint density at radius 1 is 1.25 bits per heavy atom. The van der Waals surface area contributed by atoms with Gasteiger partial charge in [0.15, 0.2) is 9.84 Å². The Morgan fingerprint density at radius 3 is 2.25 bits per heavy atom. The van der Waals surface area contributed by atoms with Crippen molar-refractivity contribution in [1.82, 2.24) is 0 Å². The third-order valence-corrected chi connectivity index (χ3v) is 4.34. The van der Waals surface area contributed by atoms with Crippen molar-refractivity contribution in [1.29, 1.82) is 0 Å². The van der Waals surface area contributed by atoms with E-state index in [9.17, 15) is 13.2 Å². The number of carboxylic acids is 1.